The fourth-order valence-corrected chi connectivity index (χ4v) is 2.29. The predicted molar refractivity (Wildman–Crippen MR) is 77.3 cm³/mol. The summed E-state index contributed by atoms with van der Waals surface area (Å²) < 4.78 is 6.55. The largest absolute Gasteiger partial charge is 0.451 e. The molecule has 2 rings (SSSR count). The number of amides is 1. The first-order chi connectivity index (χ1) is 9.13. The smallest absolute Gasteiger partial charge is 0.287 e. The molecule has 0 fully saturated rings. The fraction of sp³-hybridized carbons (Fsp3) is 0.357. The Hall–Kier alpha value is -1.33. The van der Waals surface area contributed by atoms with Crippen LogP contribution in [0, 0.1) is 6.92 Å². The fourth-order valence-electron chi connectivity index (χ4n) is 1.93. The van der Waals surface area contributed by atoms with E-state index in [0.717, 1.165) is 21.8 Å². The van der Waals surface area contributed by atoms with Gasteiger partial charge in [-0.1, -0.05) is 15.9 Å². The van der Waals surface area contributed by atoms with E-state index in [2.05, 4.69) is 21.2 Å². The summed E-state index contributed by atoms with van der Waals surface area (Å²) in [6, 6.07) is 5.67. The van der Waals surface area contributed by atoms with Crippen molar-refractivity contribution in [3.8, 4) is 0 Å². The molecule has 2 N–H and O–H groups in total. The molecular weight excluding hydrogens is 310 g/mol. The Kier molecular flexibility index (Phi) is 4.61. The molecule has 1 aromatic heterocycles. The molecule has 0 bridgehead atoms. The molecule has 0 atom stereocenters. The lowest BCUT2D eigenvalue weighted by Crippen LogP contribution is -2.24. The van der Waals surface area contributed by atoms with Crippen molar-refractivity contribution in [1.82, 2.24) is 5.32 Å². The van der Waals surface area contributed by atoms with Crippen LogP contribution in [-0.4, -0.2) is 24.2 Å². The van der Waals surface area contributed by atoms with Crippen LogP contribution >= 0.6 is 15.9 Å². The number of nitrogens with one attached hydrogen (secondary N) is 1. The number of hydrogen-bond donors (Lipinski definition) is 2. The number of aliphatic hydroxyl groups excluding tert-OH is 1. The number of rotatable bonds is 5. The van der Waals surface area contributed by atoms with Crippen molar-refractivity contribution in [2.24, 2.45) is 0 Å². The van der Waals surface area contributed by atoms with Gasteiger partial charge in [0.25, 0.3) is 5.91 Å². The van der Waals surface area contributed by atoms with Gasteiger partial charge in [0.2, 0.25) is 0 Å². The zero-order chi connectivity index (χ0) is 13.8. The number of aliphatic hydroxyl groups is 1. The lowest BCUT2D eigenvalue weighted by atomic mass is 10.1. The van der Waals surface area contributed by atoms with E-state index in [0.29, 0.717) is 24.3 Å². The van der Waals surface area contributed by atoms with Gasteiger partial charge < -0.3 is 14.8 Å². The summed E-state index contributed by atoms with van der Waals surface area (Å²) in [6.45, 7) is 2.56. The van der Waals surface area contributed by atoms with E-state index >= 15 is 0 Å². The van der Waals surface area contributed by atoms with Gasteiger partial charge >= 0.3 is 0 Å². The molecule has 4 nitrogen and oxygen atoms in total. The molecule has 0 aliphatic carbocycles. The van der Waals surface area contributed by atoms with E-state index in [-0.39, 0.29) is 12.5 Å². The summed E-state index contributed by atoms with van der Waals surface area (Å²) in [4.78, 5) is 12.0. The molecule has 0 aliphatic rings. The molecule has 0 aliphatic heterocycles. The zero-order valence-electron chi connectivity index (χ0n) is 10.7. The highest BCUT2D eigenvalue weighted by atomic mass is 79.9. The Balaban J connectivity index is 2.16. The first kappa shape index (κ1) is 14.1. The monoisotopic (exact) mass is 325 g/mol. The van der Waals surface area contributed by atoms with Crippen LogP contribution in [0.3, 0.4) is 0 Å². The molecule has 1 amide bonds. The van der Waals surface area contributed by atoms with Crippen LogP contribution in [0.2, 0.25) is 0 Å². The number of furan rings is 1. The first-order valence-corrected chi connectivity index (χ1v) is 7.00. The number of carbonyl (C=O) groups is 1. The van der Waals surface area contributed by atoms with E-state index < -0.39 is 0 Å². The maximum Gasteiger partial charge on any atom is 0.287 e. The first-order valence-electron chi connectivity index (χ1n) is 6.21. The second kappa shape index (κ2) is 6.21. The number of halogens is 1. The van der Waals surface area contributed by atoms with E-state index in [1.165, 1.54) is 0 Å². The number of unbranched alkanes of at least 4 members (excludes halogenated alkanes) is 1. The average molecular weight is 326 g/mol. The normalized spacial score (nSPS) is 10.9. The third-order valence-corrected chi connectivity index (χ3v) is 3.47. The molecule has 1 aromatic carbocycles. The molecule has 0 radical (unpaired) electrons. The molecule has 0 unspecified atom stereocenters. The van der Waals surface area contributed by atoms with Crippen LogP contribution in [0.5, 0.6) is 0 Å². The number of fused-ring (bicyclic) bond motifs is 1. The molecule has 0 spiro atoms. The van der Waals surface area contributed by atoms with Crippen molar-refractivity contribution in [3.05, 3.63) is 34.0 Å². The zero-order valence-corrected chi connectivity index (χ0v) is 12.3. The number of carbonyl (C=O) groups excluding carboxylic acids is 1. The van der Waals surface area contributed by atoms with Gasteiger partial charge in [0.05, 0.1) is 0 Å². The quantitative estimate of drug-likeness (QED) is 0.830. The second-order valence-corrected chi connectivity index (χ2v) is 5.30. The SMILES string of the molecule is Cc1c(C(=O)NCCCCO)oc2ccc(Br)cc12. The molecular formula is C14H16BrNO3. The van der Waals surface area contributed by atoms with E-state index in [1.54, 1.807) is 0 Å². The van der Waals surface area contributed by atoms with Gasteiger partial charge in [0.15, 0.2) is 5.76 Å². The molecule has 5 heteroatoms. The van der Waals surface area contributed by atoms with Crippen LogP contribution in [0.1, 0.15) is 29.0 Å². The average Bonchev–Trinajstić information content (AvgIpc) is 2.72. The number of aryl methyl sites for hydroxylation is 1. The summed E-state index contributed by atoms with van der Waals surface area (Å²) in [7, 11) is 0. The lowest BCUT2D eigenvalue weighted by Gasteiger charge is -2.02. The Morgan fingerprint density at radius 2 is 2.21 bits per heavy atom. The molecule has 0 saturated heterocycles. The van der Waals surface area contributed by atoms with Crippen molar-refractivity contribution in [2.75, 3.05) is 13.2 Å². The van der Waals surface area contributed by atoms with E-state index in [4.69, 9.17) is 9.52 Å². The third kappa shape index (κ3) is 3.16. The highest BCUT2D eigenvalue weighted by Crippen LogP contribution is 2.27. The van der Waals surface area contributed by atoms with Crippen LogP contribution in [-0.2, 0) is 0 Å². The third-order valence-electron chi connectivity index (χ3n) is 2.97. The van der Waals surface area contributed by atoms with Crippen LogP contribution in [0.15, 0.2) is 27.1 Å². The minimum atomic E-state index is -0.206. The van der Waals surface area contributed by atoms with Gasteiger partial charge in [-0.2, -0.15) is 0 Å². The summed E-state index contributed by atoms with van der Waals surface area (Å²) >= 11 is 3.41. The van der Waals surface area contributed by atoms with Gasteiger partial charge in [0, 0.05) is 28.6 Å². The molecule has 19 heavy (non-hydrogen) atoms. The van der Waals surface area contributed by atoms with Gasteiger partial charge in [-0.15, -0.1) is 0 Å². The summed E-state index contributed by atoms with van der Waals surface area (Å²) in [6.07, 6.45) is 1.44. The van der Waals surface area contributed by atoms with Crippen molar-refractivity contribution >= 4 is 32.8 Å². The van der Waals surface area contributed by atoms with Crippen molar-refractivity contribution in [3.63, 3.8) is 0 Å². The van der Waals surface area contributed by atoms with E-state index in [1.807, 2.05) is 25.1 Å². The topological polar surface area (TPSA) is 62.5 Å². The van der Waals surface area contributed by atoms with Crippen molar-refractivity contribution < 1.29 is 14.3 Å². The van der Waals surface area contributed by atoms with Crippen molar-refractivity contribution in [1.29, 1.82) is 0 Å². The van der Waals surface area contributed by atoms with Gasteiger partial charge in [-0.05, 0) is 38.0 Å². The summed E-state index contributed by atoms with van der Waals surface area (Å²) in [5, 5.41) is 12.4. The van der Waals surface area contributed by atoms with Crippen molar-refractivity contribution in [2.45, 2.75) is 19.8 Å². The number of benzene rings is 1. The molecule has 1 heterocycles. The molecule has 0 saturated carbocycles. The second-order valence-electron chi connectivity index (χ2n) is 4.38. The van der Waals surface area contributed by atoms with Crippen LogP contribution in [0.25, 0.3) is 11.0 Å². The Labute approximate surface area is 119 Å². The highest BCUT2D eigenvalue weighted by molar-refractivity contribution is 9.10. The Morgan fingerprint density at radius 3 is 2.95 bits per heavy atom. The maximum atomic E-state index is 12.0. The van der Waals surface area contributed by atoms with Gasteiger partial charge in [-0.25, -0.2) is 0 Å². The number of hydrogen-bond acceptors (Lipinski definition) is 3. The highest BCUT2D eigenvalue weighted by Gasteiger charge is 2.17. The summed E-state index contributed by atoms with van der Waals surface area (Å²) in [5.74, 6) is 0.153. The minimum Gasteiger partial charge on any atom is -0.451 e. The molecule has 102 valence electrons. The Bertz CT molecular complexity index is 592. The van der Waals surface area contributed by atoms with E-state index in [9.17, 15) is 4.79 Å². The van der Waals surface area contributed by atoms with Crippen LogP contribution < -0.4 is 5.32 Å². The minimum absolute atomic E-state index is 0.146. The summed E-state index contributed by atoms with van der Waals surface area (Å²) in [5.41, 5.74) is 1.55. The standard InChI is InChI=1S/C14H16BrNO3/c1-9-11-8-10(15)4-5-12(11)19-13(9)14(18)16-6-2-3-7-17/h4-5,8,17H,2-3,6-7H2,1H3,(H,16,18). The van der Waals surface area contributed by atoms with Gasteiger partial charge in [-0.3, -0.25) is 4.79 Å². The molecule has 2 aromatic rings. The lowest BCUT2D eigenvalue weighted by molar-refractivity contribution is 0.0925. The predicted octanol–water partition coefficient (Wildman–Crippen LogP) is 3.01. The maximum absolute atomic E-state index is 12.0. The Morgan fingerprint density at radius 1 is 1.42 bits per heavy atom. The van der Waals surface area contributed by atoms with Gasteiger partial charge in [0.1, 0.15) is 5.58 Å². The van der Waals surface area contributed by atoms with Crippen LogP contribution in [0.4, 0.5) is 0 Å².